The minimum absolute atomic E-state index is 0.0281. The maximum absolute atomic E-state index is 12.0. The van der Waals surface area contributed by atoms with Crippen LogP contribution in [0.4, 0.5) is 18.9 Å². The van der Waals surface area contributed by atoms with Crippen LogP contribution in [0.3, 0.4) is 0 Å². The Morgan fingerprint density at radius 1 is 1.33 bits per heavy atom. The minimum Gasteiger partial charge on any atom is -0.382 e. The van der Waals surface area contributed by atoms with Crippen LogP contribution >= 0.6 is 15.9 Å². The fraction of sp³-hybridized carbons (Fsp3) is 0.538. The minimum atomic E-state index is -4.05. The molecule has 0 bridgehead atoms. The van der Waals surface area contributed by atoms with Crippen LogP contribution in [-0.4, -0.2) is 12.2 Å². The van der Waals surface area contributed by atoms with E-state index in [4.69, 9.17) is 0 Å². The van der Waals surface area contributed by atoms with Crippen molar-refractivity contribution in [1.82, 2.24) is 0 Å². The van der Waals surface area contributed by atoms with E-state index in [9.17, 15) is 13.2 Å². The van der Waals surface area contributed by atoms with E-state index in [-0.39, 0.29) is 12.5 Å². The van der Waals surface area contributed by atoms with Crippen LogP contribution in [0.1, 0.15) is 31.7 Å². The maximum atomic E-state index is 12.0. The molecule has 0 spiro atoms. The molecule has 0 aromatic heterocycles. The third-order valence-electron chi connectivity index (χ3n) is 2.77. The van der Waals surface area contributed by atoms with Gasteiger partial charge in [0.1, 0.15) is 0 Å². The Morgan fingerprint density at radius 3 is 2.61 bits per heavy atom. The number of nitrogens with one attached hydrogen (secondary N) is 1. The Morgan fingerprint density at radius 2 is 2.00 bits per heavy atom. The van der Waals surface area contributed by atoms with Crippen molar-refractivity contribution in [3.05, 3.63) is 28.2 Å². The highest BCUT2D eigenvalue weighted by Gasteiger charge is 2.26. The normalized spacial score (nSPS) is 13.4. The van der Waals surface area contributed by atoms with Crippen molar-refractivity contribution in [2.75, 3.05) is 5.32 Å². The predicted octanol–water partition coefficient (Wildman–Crippen LogP) is 5.29. The summed E-state index contributed by atoms with van der Waals surface area (Å²) in [7, 11) is 0. The summed E-state index contributed by atoms with van der Waals surface area (Å²) in [5, 5.41) is 3.24. The van der Waals surface area contributed by atoms with Crippen LogP contribution in [0.2, 0.25) is 0 Å². The first-order valence-electron chi connectivity index (χ1n) is 5.88. The molecule has 0 radical (unpaired) electrons. The van der Waals surface area contributed by atoms with E-state index in [1.54, 1.807) is 0 Å². The molecule has 0 saturated carbocycles. The Kier molecular flexibility index (Phi) is 5.50. The molecule has 0 aliphatic carbocycles. The highest BCUT2D eigenvalue weighted by molar-refractivity contribution is 9.10. The van der Waals surface area contributed by atoms with Crippen molar-refractivity contribution < 1.29 is 13.2 Å². The number of alkyl halides is 3. The SMILES string of the molecule is Cc1c(Br)cccc1NC(C)CCCC(F)(F)F. The van der Waals surface area contributed by atoms with Gasteiger partial charge >= 0.3 is 6.18 Å². The molecule has 1 aromatic carbocycles. The summed E-state index contributed by atoms with van der Waals surface area (Å²) < 4.78 is 37.1. The topological polar surface area (TPSA) is 12.0 Å². The first kappa shape index (κ1) is 15.3. The zero-order chi connectivity index (χ0) is 13.8. The van der Waals surface area contributed by atoms with Gasteiger partial charge in [0, 0.05) is 22.6 Å². The second kappa shape index (κ2) is 6.45. The van der Waals surface area contributed by atoms with Crippen LogP contribution in [0.5, 0.6) is 0 Å². The van der Waals surface area contributed by atoms with E-state index in [2.05, 4.69) is 21.2 Å². The molecule has 1 unspecified atom stereocenters. The van der Waals surface area contributed by atoms with E-state index in [1.165, 1.54) is 0 Å². The summed E-state index contributed by atoms with van der Waals surface area (Å²) in [5.41, 5.74) is 2.03. The molecule has 0 amide bonds. The zero-order valence-electron chi connectivity index (χ0n) is 10.4. The average Bonchev–Trinajstić information content (AvgIpc) is 2.23. The fourth-order valence-electron chi connectivity index (χ4n) is 1.71. The molecule has 18 heavy (non-hydrogen) atoms. The van der Waals surface area contributed by atoms with E-state index in [1.807, 2.05) is 32.0 Å². The van der Waals surface area contributed by atoms with Gasteiger partial charge < -0.3 is 5.32 Å². The lowest BCUT2D eigenvalue weighted by molar-refractivity contribution is -0.135. The first-order chi connectivity index (χ1) is 8.29. The summed E-state index contributed by atoms with van der Waals surface area (Å²) >= 11 is 3.43. The van der Waals surface area contributed by atoms with Crippen molar-refractivity contribution in [3.8, 4) is 0 Å². The number of halogens is 4. The lowest BCUT2D eigenvalue weighted by atomic mass is 10.1. The van der Waals surface area contributed by atoms with Gasteiger partial charge in [0.2, 0.25) is 0 Å². The van der Waals surface area contributed by atoms with Gasteiger partial charge in [0.25, 0.3) is 0 Å². The molecule has 0 aliphatic heterocycles. The lowest BCUT2D eigenvalue weighted by Crippen LogP contribution is -2.17. The van der Waals surface area contributed by atoms with Crippen molar-refractivity contribution in [1.29, 1.82) is 0 Å². The Bertz CT molecular complexity index is 390. The monoisotopic (exact) mass is 323 g/mol. The third kappa shape index (κ3) is 5.29. The van der Waals surface area contributed by atoms with Crippen LogP contribution in [0.25, 0.3) is 0 Å². The van der Waals surface area contributed by atoms with Gasteiger partial charge in [-0.1, -0.05) is 22.0 Å². The summed E-state index contributed by atoms with van der Waals surface area (Å²) in [6.07, 6.45) is -4.10. The van der Waals surface area contributed by atoms with Gasteiger partial charge in [0.15, 0.2) is 0 Å². The number of hydrogen-bond donors (Lipinski definition) is 1. The van der Waals surface area contributed by atoms with E-state index in [0.29, 0.717) is 6.42 Å². The number of anilines is 1. The number of benzene rings is 1. The molecule has 5 heteroatoms. The second-order valence-corrected chi connectivity index (χ2v) is 5.32. The molecular weight excluding hydrogens is 307 g/mol. The standard InChI is InChI=1S/C13H17BrF3N/c1-9(5-4-8-13(15,16)17)18-12-7-3-6-11(14)10(12)2/h3,6-7,9,18H,4-5,8H2,1-2H3. The smallest absolute Gasteiger partial charge is 0.382 e. The molecule has 102 valence electrons. The highest BCUT2D eigenvalue weighted by Crippen LogP contribution is 2.26. The van der Waals surface area contributed by atoms with Gasteiger partial charge in [-0.2, -0.15) is 13.2 Å². The number of hydrogen-bond acceptors (Lipinski definition) is 1. The van der Waals surface area contributed by atoms with Crippen molar-refractivity contribution >= 4 is 21.6 Å². The molecule has 0 heterocycles. The summed E-state index contributed by atoms with van der Waals surface area (Å²) in [6.45, 7) is 3.87. The Balaban J connectivity index is 2.45. The van der Waals surface area contributed by atoms with Crippen molar-refractivity contribution in [2.24, 2.45) is 0 Å². The summed E-state index contributed by atoms with van der Waals surface area (Å²) in [6, 6.07) is 5.80. The van der Waals surface area contributed by atoms with Crippen molar-refractivity contribution in [2.45, 2.75) is 45.3 Å². The predicted molar refractivity (Wildman–Crippen MR) is 71.9 cm³/mol. The van der Waals surface area contributed by atoms with E-state index < -0.39 is 12.6 Å². The molecule has 1 N–H and O–H groups in total. The van der Waals surface area contributed by atoms with Crippen LogP contribution < -0.4 is 5.32 Å². The maximum Gasteiger partial charge on any atom is 0.389 e. The largest absolute Gasteiger partial charge is 0.389 e. The Hall–Kier alpha value is -0.710. The fourth-order valence-corrected chi connectivity index (χ4v) is 2.08. The van der Waals surface area contributed by atoms with Gasteiger partial charge in [-0.25, -0.2) is 0 Å². The number of rotatable bonds is 5. The molecule has 0 saturated heterocycles. The first-order valence-corrected chi connectivity index (χ1v) is 6.67. The molecule has 1 rings (SSSR count). The molecular formula is C13H17BrF3N. The third-order valence-corrected chi connectivity index (χ3v) is 3.63. The molecule has 0 aliphatic rings. The molecule has 1 atom stereocenters. The van der Waals surface area contributed by atoms with Crippen LogP contribution in [0, 0.1) is 6.92 Å². The van der Waals surface area contributed by atoms with Crippen LogP contribution in [-0.2, 0) is 0 Å². The van der Waals surface area contributed by atoms with Gasteiger partial charge in [-0.15, -0.1) is 0 Å². The molecule has 1 nitrogen and oxygen atoms in total. The van der Waals surface area contributed by atoms with Gasteiger partial charge in [0.05, 0.1) is 0 Å². The highest BCUT2D eigenvalue weighted by atomic mass is 79.9. The Labute approximate surface area is 114 Å². The van der Waals surface area contributed by atoms with Crippen LogP contribution in [0.15, 0.2) is 22.7 Å². The summed E-state index contributed by atoms with van der Waals surface area (Å²) in [4.78, 5) is 0. The second-order valence-electron chi connectivity index (χ2n) is 4.47. The quantitative estimate of drug-likeness (QED) is 0.776. The molecule has 0 fully saturated rings. The lowest BCUT2D eigenvalue weighted by Gasteiger charge is -2.18. The average molecular weight is 324 g/mol. The van der Waals surface area contributed by atoms with Gasteiger partial charge in [-0.3, -0.25) is 0 Å². The van der Waals surface area contributed by atoms with E-state index in [0.717, 1.165) is 15.7 Å². The molecule has 1 aromatic rings. The van der Waals surface area contributed by atoms with E-state index >= 15 is 0 Å². The van der Waals surface area contributed by atoms with Crippen molar-refractivity contribution in [3.63, 3.8) is 0 Å². The summed E-state index contributed by atoms with van der Waals surface area (Å²) in [5.74, 6) is 0. The zero-order valence-corrected chi connectivity index (χ0v) is 12.0. The van der Waals surface area contributed by atoms with Gasteiger partial charge in [-0.05, 0) is 44.4 Å².